The molecular weight excluding hydrogens is 288 g/mol. The van der Waals surface area contributed by atoms with Gasteiger partial charge in [0.25, 0.3) is 5.91 Å². The van der Waals surface area contributed by atoms with Gasteiger partial charge in [-0.25, -0.2) is 4.98 Å². The van der Waals surface area contributed by atoms with E-state index < -0.39 is 11.9 Å². The van der Waals surface area contributed by atoms with Crippen LogP contribution in [0.15, 0.2) is 30.5 Å². The van der Waals surface area contributed by atoms with Crippen LogP contribution in [0.1, 0.15) is 27.2 Å². The highest BCUT2D eigenvalue weighted by Gasteiger charge is 2.12. The van der Waals surface area contributed by atoms with Crippen molar-refractivity contribution in [3.63, 3.8) is 0 Å². The maximum Gasteiger partial charge on any atom is 0.306 e. The molecule has 0 aliphatic heterocycles. The van der Waals surface area contributed by atoms with Gasteiger partial charge >= 0.3 is 5.97 Å². The Bertz CT molecular complexity index is 649. The number of nitrogens with zero attached hydrogens (tertiary/aromatic N) is 1. The first-order valence-electron chi connectivity index (χ1n) is 6.51. The standard InChI is InChI=1S/C15H16N2O3S/c1-9(15(19)20)7-11-3-5-12(6-4-11)17-14(18)13-8-16-10(2)21-13/h3-6,8-9H,7H2,1-2H3,(H,17,18)(H,19,20). The summed E-state index contributed by atoms with van der Waals surface area (Å²) >= 11 is 1.34. The van der Waals surface area contributed by atoms with Gasteiger partial charge in [-0.15, -0.1) is 11.3 Å². The third-order valence-electron chi connectivity index (χ3n) is 3.02. The summed E-state index contributed by atoms with van der Waals surface area (Å²) in [5.41, 5.74) is 1.61. The highest BCUT2D eigenvalue weighted by Crippen LogP contribution is 2.17. The normalized spacial score (nSPS) is 11.9. The predicted octanol–water partition coefficient (Wildman–Crippen LogP) is 2.97. The number of rotatable bonds is 5. The molecule has 2 N–H and O–H groups in total. The zero-order valence-corrected chi connectivity index (χ0v) is 12.6. The number of nitrogens with one attached hydrogen (secondary N) is 1. The van der Waals surface area contributed by atoms with E-state index in [9.17, 15) is 9.59 Å². The summed E-state index contributed by atoms with van der Waals surface area (Å²) in [6, 6.07) is 7.20. The number of thiazole rings is 1. The number of hydrogen-bond acceptors (Lipinski definition) is 4. The highest BCUT2D eigenvalue weighted by molar-refractivity contribution is 7.13. The van der Waals surface area contributed by atoms with Crippen molar-refractivity contribution in [2.24, 2.45) is 5.92 Å². The van der Waals surface area contributed by atoms with Gasteiger partial charge in [-0.05, 0) is 31.0 Å². The van der Waals surface area contributed by atoms with E-state index in [0.29, 0.717) is 17.0 Å². The van der Waals surface area contributed by atoms with E-state index in [0.717, 1.165) is 10.6 Å². The summed E-state index contributed by atoms with van der Waals surface area (Å²) in [6.07, 6.45) is 2.02. The summed E-state index contributed by atoms with van der Waals surface area (Å²) in [7, 11) is 0. The number of aryl methyl sites for hydroxylation is 1. The topological polar surface area (TPSA) is 79.3 Å². The number of amides is 1. The summed E-state index contributed by atoms with van der Waals surface area (Å²) in [5.74, 6) is -1.43. The second-order valence-corrected chi connectivity index (χ2v) is 6.07. The molecule has 110 valence electrons. The molecular formula is C15H16N2O3S. The Kier molecular flexibility index (Phi) is 4.70. The molecule has 0 aliphatic rings. The zero-order chi connectivity index (χ0) is 15.4. The minimum Gasteiger partial charge on any atom is -0.481 e. The summed E-state index contributed by atoms with van der Waals surface area (Å²) in [5, 5.41) is 12.5. The van der Waals surface area contributed by atoms with E-state index >= 15 is 0 Å². The van der Waals surface area contributed by atoms with Crippen molar-refractivity contribution in [1.29, 1.82) is 0 Å². The molecule has 0 bridgehead atoms. The van der Waals surface area contributed by atoms with Crippen molar-refractivity contribution in [3.8, 4) is 0 Å². The highest BCUT2D eigenvalue weighted by atomic mass is 32.1. The number of carbonyl (C=O) groups is 2. The van der Waals surface area contributed by atoms with Gasteiger partial charge in [-0.3, -0.25) is 9.59 Å². The second-order valence-electron chi connectivity index (χ2n) is 4.84. The number of carbonyl (C=O) groups excluding carboxylic acids is 1. The van der Waals surface area contributed by atoms with Crippen LogP contribution < -0.4 is 5.32 Å². The largest absolute Gasteiger partial charge is 0.481 e. The summed E-state index contributed by atoms with van der Waals surface area (Å²) < 4.78 is 0. The van der Waals surface area contributed by atoms with Crippen LogP contribution in [0.4, 0.5) is 5.69 Å². The van der Waals surface area contributed by atoms with Crippen LogP contribution in [0.3, 0.4) is 0 Å². The maximum atomic E-state index is 12.0. The molecule has 0 spiro atoms. The maximum absolute atomic E-state index is 12.0. The monoisotopic (exact) mass is 304 g/mol. The molecule has 1 unspecified atom stereocenters. The van der Waals surface area contributed by atoms with Crippen LogP contribution in [0, 0.1) is 12.8 Å². The van der Waals surface area contributed by atoms with Gasteiger partial charge in [0.1, 0.15) is 4.88 Å². The molecule has 1 aromatic carbocycles. The Morgan fingerprint density at radius 3 is 2.52 bits per heavy atom. The van der Waals surface area contributed by atoms with Gasteiger partial charge in [0.2, 0.25) is 0 Å². The van der Waals surface area contributed by atoms with E-state index in [1.54, 1.807) is 25.3 Å². The Hall–Kier alpha value is -2.21. The van der Waals surface area contributed by atoms with Gasteiger partial charge in [0, 0.05) is 5.69 Å². The third kappa shape index (κ3) is 4.13. The molecule has 0 saturated heterocycles. The number of hydrogen-bond donors (Lipinski definition) is 2. The van der Waals surface area contributed by atoms with E-state index in [-0.39, 0.29) is 5.91 Å². The Labute approximate surface area is 126 Å². The number of aliphatic carboxylic acids is 1. The van der Waals surface area contributed by atoms with Gasteiger partial charge in [-0.1, -0.05) is 19.1 Å². The zero-order valence-electron chi connectivity index (χ0n) is 11.8. The first kappa shape index (κ1) is 15.2. The van der Waals surface area contributed by atoms with Crippen LogP contribution in [0.2, 0.25) is 0 Å². The molecule has 1 atom stereocenters. The van der Waals surface area contributed by atoms with Crippen molar-refractivity contribution < 1.29 is 14.7 Å². The fraction of sp³-hybridized carbons (Fsp3) is 0.267. The predicted molar refractivity (Wildman–Crippen MR) is 81.8 cm³/mol. The van der Waals surface area contributed by atoms with Crippen LogP contribution >= 0.6 is 11.3 Å². The molecule has 6 heteroatoms. The lowest BCUT2D eigenvalue weighted by atomic mass is 10.0. The minimum absolute atomic E-state index is 0.188. The van der Waals surface area contributed by atoms with Gasteiger partial charge in [0.05, 0.1) is 17.1 Å². The van der Waals surface area contributed by atoms with E-state index in [4.69, 9.17) is 5.11 Å². The van der Waals surface area contributed by atoms with Crippen LogP contribution in [0.25, 0.3) is 0 Å². The number of carboxylic acids is 1. The molecule has 2 rings (SSSR count). The molecule has 0 fully saturated rings. The fourth-order valence-electron chi connectivity index (χ4n) is 1.82. The number of benzene rings is 1. The van der Waals surface area contributed by atoms with Gasteiger partial charge in [-0.2, -0.15) is 0 Å². The Morgan fingerprint density at radius 1 is 1.33 bits per heavy atom. The Morgan fingerprint density at radius 2 is 2.00 bits per heavy atom. The van der Waals surface area contributed by atoms with Crippen molar-refractivity contribution in [1.82, 2.24) is 4.98 Å². The lowest BCUT2D eigenvalue weighted by Crippen LogP contribution is -2.12. The molecule has 2 aromatic rings. The fourth-order valence-corrected chi connectivity index (χ4v) is 2.50. The quantitative estimate of drug-likeness (QED) is 0.890. The number of aromatic nitrogens is 1. The van der Waals surface area contributed by atoms with Crippen molar-refractivity contribution in [3.05, 3.63) is 45.9 Å². The average Bonchev–Trinajstić information content (AvgIpc) is 2.87. The smallest absolute Gasteiger partial charge is 0.306 e. The third-order valence-corrected chi connectivity index (χ3v) is 3.93. The van der Waals surface area contributed by atoms with E-state index in [1.165, 1.54) is 11.3 Å². The van der Waals surface area contributed by atoms with Crippen LogP contribution in [0.5, 0.6) is 0 Å². The van der Waals surface area contributed by atoms with Crippen molar-refractivity contribution in [2.45, 2.75) is 20.3 Å². The molecule has 0 radical (unpaired) electrons. The molecule has 5 nitrogen and oxygen atoms in total. The molecule has 1 heterocycles. The first-order valence-corrected chi connectivity index (χ1v) is 7.33. The van der Waals surface area contributed by atoms with Gasteiger partial charge < -0.3 is 10.4 Å². The summed E-state index contributed by atoms with van der Waals surface area (Å²) in [6.45, 7) is 3.52. The number of anilines is 1. The molecule has 1 aromatic heterocycles. The van der Waals surface area contributed by atoms with E-state index in [1.807, 2.05) is 19.1 Å². The molecule has 1 amide bonds. The lowest BCUT2D eigenvalue weighted by Gasteiger charge is -2.08. The molecule has 21 heavy (non-hydrogen) atoms. The first-order chi connectivity index (χ1) is 9.95. The Balaban J connectivity index is 1.99. The minimum atomic E-state index is -0.812. The van der Waals surface area contributed by atoms with Crippen molar-refractivity contribution in [2.75, 3.05) is 5.32 Å². The van der Waals surface area contributed by atoms with Crippen LogP contribution in [-0.4, -0.2) is 22.0 Å². The lowest BCUT2D eigenvalue weighted by molar-refractivity contribution is -0.141. The van der Waals surface area contributed by atoms with Gasteiger partial charge in [0.15, 0.2) is 0 Å². The SMILES string of the molecule is Cc1ncc(C(=O)Nc2ccc(CC(C)C(=O)O)cc2)s1. The van der Waals surface area contributed by atoms with Crippen molar-refractivity contribution >= 4 is 28.9 Å². The molecule has 0 saturated carbocycles. The summed E-state index contributed by atoms with van der Waals surface area (Å²) in [4.78, 5) is 27.4. The molecule has 0 aliphatic carbocycles. The second kappa shape index (κ2) is 6.49. The van der Waals surface area contributed by atoms with Crippen LogP contribution in [-0.2, 0) is 11.2 Å². The number of carboxylic acid groups (broad SMARTS) is 1. The average molecular weight is 304 g/mol. The van der Waals surface area contributed by atoms with E-state index in [2.05, 4.69) is 10.3 Å².